The van der Waals surface area contributed by atoms with E-state index in [4.69, 9.17) is 0 Å². The third kappa shape index (κ3) is 5.82. The van der Waals surface area contributed by atoms with Crippen LogP contribution in [-0.2, 0) is 6.42 Å². The predicted octanol–water partition coefficient (Wildman–Crippen LogP) is 4.31. The lowest BCUT2D eigenvalue weighted by atomic mass is 10.1. The number of rotatable bonds is 8. The van der Waals surface area contributed by atoms with Gasteiger partial charge in [-0.05, 0) is 57.0 Å². The largest absolute Gasteiger partial charge is 0.369 e. The van der Waals surface area contributed by atoms with Gasteiger partial charge in [0.25, 0.3) is 5.91 Å². The SMILES string of the molecule is CC(C)N1CCN(c2ccc(C(=O)N(C)CCCc3cc(-c4ccccc4)n[nH]3)cc2)CC1. The molecule has 0 spiro atoms. The molecule has 6 heteroatoms. The van der Waals surface area contributed by atoms with Crippen molar-refractivity contribution in [2.45, 2.75) is 32.7 Å². The van der Waals surface area contributed by atoms with Gasteiger partial charge < -0.3 is 9.80 Å². The highest BCUT2D eigenvalue weighted by molar-refractivity contribution is 5.94. The number of nitrogens with one attached hydrogen (secondary N) is 1. The molecular weight excluding hydrogens is 410 g/mol. The second-order valence-electron chi connectivity index (χ2n) is 9.14. The zero-order valence-corrected chi connectivity index (χ0v) is 20.0. The summed E-state index contributed by atoms with van der Waals surface area (Å²) in [4.78, 5) is 19.6. The van der Waals surface area contributed by atoms with Crippen molar-refractivity contribution < 1.29 is 4.79 Å². The molecule has 0 radical (unpaired) electrons. The van der Waals surface area contributed by atoms with Crippen LogP contribution in [0.25, 0.3) is 11.3 Å². The van der Waals surface area contributed by atoms with Gasteiger partial charge in [0.05, 0.1) is 5.69 Å². The Bertz CT molecular complexity index is 1020. The van der Waals surface area contributed by atoms with Crippen LogP contribution in [-0.4, -0.2) is 71.7 Å². The van der Waals surface area contributed by atoms with Gasteiger partial charge in [0.1, 0.15) is 0 Å². The van der Waals surface area contributed by atoms with Crippen molar-refractivity contribution in [3.8, 4) is 11.3 Å². The normalized spacial score (nSPS) is 14.6. The molecule has 1 amide bonds. The van der Waals surface area contributed by atoms with E-state index in [0.717, 1.165) is 61.5 Å². The van der Waals surface area contributed by atoms with E-state index in [1.165, 1.54) is 5.69 Å². The summed E-state index contributed by atoms with van der Waals surface area (Å²) in [6.07, 6.45) is 1.75. The summed E-state index contributed by atoms with van der Waals surface area (Å²) >= 11 is 0. The van der Waals surface area contributed by atoms with Crippen LogP contribution in [0.4, 0.5) is 5.69 Å². The van der Waals surface area contributed by atoms with Crippen molar-refractivity contribution >= 4 is 11.6 Å². The molecule has 1 aliphatic rings. The van der Waals surface area contributed by atoms with Gasteiger partial charge >= 0.3 is 0 Å². The number of hydrogen-bond acceptors (Lipinski definition) is 4. The maximum Gasteiger partial charge on any atom is 0.253 e. The molecule has 2 aromatic carbocycles. The number of aromatic nitrogens is 2. The van der Waals surface area contributed by atoms with E-state index in [1.807, 2.05) is 42.3 Å². The monoisotopic (exact) mass is 445 g/mol. The number of amides is 1. The van der Waals surface area contributed by atoms with E-state index in [2.05, 4.69) is 64.2 Å². The Hall–Kier alpha value is -3.12. The first-order valence-corrected chi connectivity index (χ1v) is 12.0. The Morgan fingerprint density at radius 1 is 1.03 bits per heavy atom. The maximum atomic E-state index is 12.9. The van der Waals surface area contributed by atoms with Gasteiger partial charge in [-0.3, -0.25) is 14.8 Å². The summed E-state index contributed by atoms with van der Waals surface area (Å²) in [5.41, 5.74) is 5.11. The lowest BCUT2D eigenvalue weighted by Gasteiger charge is -2.38. The number of anilines is 1. The van der Waals surface area contributed by atoms with Gasteiger partial charge in [0, 0.05) is 68.3 Å². The van der Waals surface area contributed by atoms with Gasteiger partial charge in [-0.2, -0.15) is 5.10 Å². The molecule has 1 aliphatic heterocycles. The zero-order valence-electron chi connectivity index (χ0n) is 20.0. The average molecular weight is 446 g/mol. The van der Waals surface area contributed by atoms with Gasteiger partial charge in [-0.15, -0.1) is 0 Å². The minimum atomic E-state index is 0.0702. The Labute approximate surface area is 197 Å². The minimum absolute atomic E-state index is 0.0702. The van der Waals surface area contributed by atoms with E-state index >= 15 is 0 Å². The van der Waals surface area contributed by atoms with Gasteiger partial charge in [-0.25, -0.2) is 0 Å². The number of aryl methyl sites for hydroxylation is 1. The van der Waals surface area contributed by atoms with Crippen LogP contribution in [0.2, 0.25) is 0 Å². The molecule has 1 aromatic heterocycles. The molecular formula is C27H35N5O. The zero-order chi connectivity index (χ0) is 23.2. The second kappa shape index (κ2) is 10.7. The molecule has 3 aromatic rings. The Morgan fingerprint density at radius 3 is 2.39 bits per heavy atom. The molecule has 1 fully saturated rings. The van der Waals surface area contributed by atoms with Crippen molar-refractivity contribution in [3.05, 3.63) is 71.9 Å². The van der Waals surface area contributed by atoms with Crippen LogP contribution in [0.3, 0.4) is 0 Å². The average Bonchev–Trinajstić information content (AvgIpc) is 3.33. The van der Waals surface area contributed by atoms with Crippen molar-refractivity contribution in [2.24, 2.45) is 0 Å². The molecule has 6 nitrogen and oxygen atoms in total. The molecule has 0 atom stereocenters. The van der Waals surface area contributed by atoms with Gasteiger partial charge in [0.2, 0.25) is 0 Å². The molecule has 2 heterocycles. The first kappa shape index (κ1) is 23.1. The molecule has 174 valence electrons. The van der Waals surface area contributed by atoms with E-state index in [9.17, 15) is 4.79 Å². The maximum absolute atomic E-state index is 12.9. The lowest BCUT2D eigenvalue weighted by Crippen LogP contribution is -2.48. The topological polar surface area (TPSA) is 55.5 Å². The molecule has 0 saturated carbocycles. The van der Waals surface area contributed by atoms with Crippen LogP contribution < -0.4 is 4.90 Å². The van der Waals surface area contributed by atoms with Crippen LogP contribution in [0.15, 0.2) is 60.7 Å². The van der Waals surface area contributed by atoms with Crippen molar-refractivity contribution in [1.82, 2.24) is 20.0 Å². The fraction of sp³-hybridized carbons (Fsp3) is 0.407. The minimum Gasteiger partial charge on any atom is -0.369 e. The number of aromatic amines is 1. The van der Waals surface area contributed by atoms with Crippen molar-refractivity contribution in [1.29, 1.82) is 0 Å². The Balaban J connectivity index is 1.25. The summed E-state index contributed by atoms with van der Waals surface area (Å²) < 4.78 is 0. The van der Waals surface area contributed by atoms with Crippen molar-refractivity contribution in [2.75, 3.05) is 44.7 Å². The van der Waals surface area contributed by atoms with Crippen LogP contribution >= 0.6 is 0 Å². The fourth-order valence-electron chi connectivity index (χ4n) is 4.39. The Kier molecular flexibility index (Phi) is 7.45. The molecule has 33 heavy (non-hydrogen) atoms. The third-order valence-electron chi connectivity index (χ3n) is 6.51. The van der Waals surface area contributed by atoms with E-state index in [0.29, 0.717) is 12.6 Å². The van der Waals surface area contributed by atoms with E-state index < -0.39 is 0 Å². The summed E-state index contributed by atoms with van der Waals surface area (Å²) in [6, 6.07) is 20.9. The first-order chi connectivity index (χ1) is 16.0. The molecule has 4 rings (SSSR count). The van der Waals surface area contributed by atoms with Crippen LogP contribution in [0.5, 0.6) is 0 Å². The summed E-state index contributed by atoms with van der Waals surface area (Å²) in [5.74, 6) is 0.0702. The number of H-pyrrole nitrogens is 1. The molecule has 1 saturated heterocycles. The number of piperazine rings is 1. The summed E-state index contributed by atoms with van der Waals surface area (Å²) in [5, 5.41) is 7.54. The second-order valence-corrected chi connectivity index (χ2v) is 9.14. The van der Waals surface area contributed by atoms with Gasteiger partial charge in [-0.1, -0.05) is 30.3 Å². The highest BCUT2D eigenvalue weighted by atomic mass is 16.2. The van der Waals surface area contributed by atoms with Crippen LogP contribution in [0, 0.1) is 0 Å². The summed E-state index contributed by atoms with van der Waals surface area (Å²) in [6.45, 7) is 9.45. The third-order valence-corrected chi connectivity index (χ3v) is 6.51. The molecule has 0 unspecified atom stereocenters. The number of hydrogen-bond donors (Lipinski definition) is 1. The van der Waals surface area contributed by atoms with Gasteiger partial charge in [0.15, 0.2) is 0 Å². The fourth-order valence-corrected chi connectivity index (χ4v) is 4.39. The highest BCUT2D eigenvalue weighted by Crippen LogP contribution is 2.20. The number of nitrogens with zero attached hydrogens (tertiary/aromatic N) is 4. The highest BCUT2D eigenvalue weighted by Gasteiger charge is 2.19. The van der Waals surface area contributed by atoms with Crippen LogP contribution in [0.1, 0.15) is 36.3 Å². The number of carbonyl (C=O) groups excluding carboxylic acids is 1. The standard InChI is InChI=1S/C27H35N5O/c1-21(2)31-16-18-32(19-17-31)25-13-11-23(12-14-25)27(33)30(3)15-7-10-24-20-26(29-28-24)22-8-5-4-6-9-22/h4-6,8-9,11-14,20-21H,7,10,15-19H2,1-3H3,(H,28,29). The molecule has 0 bridgehead atoms. The predicted molar refractivity (Wildman–Crippen MR) is 135 cm³/mol. The molecule has 0 aliphatic carbocycles. The van der Waals surface area contributed by atoms with E-state index in [1.54, 1.807) is 0 Å². The lowest BCUT2D eigenvalue weighted by molar-refractivity contribution is 0.0793. The summed E-state index contributed by atoms with van der Waals surface area (Å²) in [7, 11) is 1.88. The van der Waals surface area contributed by atoms with E-state index in [-0.39, 0.29) is 5.91 Å². The smallest absolute Gasteiger partial charge is 0.253 e. The number of carbonyl (C=O) groups is 1. The Morgan fingerprint density at radius 2 is 1.73 bits per heavy atom. The van der Waals surface area contributed by atoms with Crippen molar-refractivity contribution in [3.63, 3.8) is 0 Å². The quantitative estimate of drug-likeness (QED) is 0.561. The molecule has 1 N–H and O–H groups in total. The first-order valence-electron chi connectivity index (χ1n) is 12.0. The number of benzene rings is 2.